The van der Waals surface area contributed by atoms with Crippen LogP contribution in [0.4, 0.5) is 0 Å². The molecule has 0 radical (unpaired) electrons. The number of ether oxygens (including phenoxy) is 3. The standard InChI is InChI=1S/C24H22Cl2O3/c1-17(2)22-16-21(12-13-23(22)27-15-14-24(25)26)29-20-10-8-19(9-11-20)28-18-6-4-3-5-7-18/h3-14,16-17H,15H2,1-2H3. The number of halogens is 2. The van der Waals surface area contributed by atoms with Crippen molar-refractivity contribution in [2.45, 2.75) is 19.8 Å². The number of benzene rings is 3. The van der Waals surface area contributed by atoms with Crippen LogP contribution in [0.1, 0.15) is 25.3 Å². The van der Waals surface area contributed by atoms with Crippen molar-refractivity contribution in [2.75, 3.05) is 6.61 Å². The van der Waals surface area contributed by atoms with E-state index < -0.39 is 0 Å². The van der Waals surface area contributed by atoms with Gasteiger partial charge < -0.3 is 14.2 Å². The van der Waals surface area contributed by atoms with Crippen molar-refractivity contribution in [3.63, 3.8) is 0 Å². The van der Waals surface area contributed by atoms with E-state index in [0.29, 0.717) is 6.61 Å². The number of rotatable bonds is 8. The molecule has 0 atom stereocenters. The van der Waals surface area contributed by atoms with E-state index in [2.05, 4.69) is 13.8 Å². The molecular weight excluding hydrogens is 407 g/mol. The third-order valence-electron chi connectivity index (χ3n) is 4.12. The zero-order chi connectivity index (χ0) is 20.6. The summed E-state index contributed by atoms with van der Waals surface area (Å²) in [5, 5.41) is 0. The van der Waals surface area contributed by atoms with Crippen LogP contribution in [0, 0.1) is 0 Å². The van der Waals surface area contributed by atoms with Crippen LogP contribution in [-0.4, -0.2) is 6.61 Å². The summed E-state index contributed by atoms with van der Waals surface area (Å²) in [7, 11) is 0. The Hall–Kier alpha value is -2.62. The largest absolute Gasteiger partial charge is 0.489 e. The molecule has 29 heavy (non-hydrogen) atoms. The third-order valence-corrected chi connectivity index (χ3v) is 4.43. The second kappa shape index (κ2) is 10.2. The molecule has 0 unspecified atom stereocenters. The highest BCUT2D eigenvalue weighted by Crippen LogP contribution is 2.33. The van der Waals surface area contributed by atoms with Gasteiger partial charge in [-0.3, -0.25) is 0 Å². The van der Waals surface area contributed by atoms with Crippen molar-refractivity contribution < 1.29 is 14.2 Å². The van der Waals surface area contributed by atoms with E-state index in [4.69, 9.17) is 37.4 Å². The maximum absolute atomic E-state index is 6.01. The summed E-state index contributed by atoms with van der Waals surface area (Å²) in [6, 6.07) is 22.9. The van der Waals surface area contributed by atoms with Gasteiger partial charge in [0.2, 0.25) is 0 Å². The zero-order valence-corrected chi connectivity index (χ0v) is 17.8. The van der Waals surface area contributed by atoms with E-state index in [9.17, 15) is 0 Å². The molecule has 5 heteroatoms. The van der Waals surface area contributed by atoms with Crippen LogP contribution in [0.25, 0.3) is 0 Å². The summed E-state index contributed by atoms with van der Waals surface area (Å²) in [5.74, 6) is 4.06. The van der Waals surface area contributed by atoms with E-state index in [1.165, 1.54) is 0 Å². The molecule has 0 aliphatic rings. The highest BCUT2D eigenvalue weighted by Gasteiger charge is 2.10. The Kier molecular flexibility index (Phi) is 7.45. The lowest BCUT2D eigenvalue weighted by atomic mass is 10.0. The molecule has 3 aromatic carbocycles. The molecule has 0 aliphatic heterocycles. The van der Waals surface area contributed by atoms with Gasteiger partial charge >= 0.3 is 0 Å². The topological polar surface area (TPSA) is 27.7 Å². The van der Waals surface area contributed by atoms with Gasteiger partial charge in [0.25, 0.3) is 0 Å². The Labute approximate surface area is 181 Å². The number of para-hydroxylation sites is 1. The lowest BCUT2D eigenvalue weighted by molar-refractivity contribution is 0.356. The summed E-state index contributed by atoms with van der Waals surface area (Å²) in [4.78, 5) is 0. The molecule has 0 fully saturated rings. The minimum Gasteiger partial charge on any atom is -0.489 e. The van der Waals surface area contributed by atoms with Crippen LogP contribution < -0.4 is 14.2 Å². The van der Waals surface area contributed by atoms with Gasteiger partial charge in [0.15, 0.2) is 0 Å². The molecule has 150 valence electrons. The summed E-state index contributed by atoms with van der Waals surface area (Å²) in [6.07, 6.45) is 1.61. The Morgan fingerprint density at radius 3 is 1.93 bits per heavy atom. The monoisotopic (exact) mass is 428 g/mol. The van der Waals surface area contributed by atoms with Crippen LogP contribution in [0.15, 0.2) is 83.4 Å². The molecule has 3 rings (SSSR count). The predicted molar refractivity (Wildman–Crippen MR) is 119 cm³/mol. The fourth-order valence-electron chi connectivity index (χ4n) is 2.70. The molecule has 0 aliphatic carbocycles. The molecule has 0 amide bonds. The van der Waals surface area contributed by atoms with Gasteiger partial charge in [-0.25, -0.2) is 0 Å². The van der Waals surface area contributed by atoms with Crippen molar-refractivity contribution in [3.8, 4) is 28.7 Å². The maximum atomic E-state index is 6.01. The molecule has 0 N–H and O–H groups in total. The predicted octanol–water partition coefficient (Wildman–Crippen LogP) is 8.09. The molecule has 0 aromatic heterocycles. The van der Waals surface area contributed by atoms with Gasteiger partial charge in [-0.2, -0.15) is 0 Å². The molecule has 0 saturated carbocycles. The van der Waals surface area contributed by atoms with Crippen molar-refractivity contribution in [3.05, 3.63) is 88.9 Å². The Balaban J connectivity index is 1.69. The van der Waals surface area contributed by atoms with Crippen LogP contribution in [0.5, 0.6) is 28.7 Å². The van der Waals surface area contributed by atoms with Crippen LogP contribution in [0.3, 0.4) is 0 Å². The van der Waals surface area contributed by atoms with Crippen molar-refractivity contribution in [1.29, 1.82) is 0 Å². The fourth-order valence-corrected chi connectivity index (χ4v) is 2.83. The number of hydrogen-bond acceptors (Lipinski definition) is 3. The van der Waals surface area contributed by atoms with Gasteiger partial charge in [0.1, 0.15) is 39.8 Å². The summed E-state index contributed by atoms with van der Waals surface area (Å²) in [6.45, 7) is 4.52. The van der Waals surface area contributed by atoms with E-state index in [0.717, 1.165) is 34.3 Å². The van der Waals surface area contributed by atoms with Crippen molar-refractivity contribution in [1.82, 2.24) is 0 Å². The lowest BCUT2D eigenvalue weighted by Crippen LogP contribution is -2.00. The normalized spacial score (nSPS) is 10.5. The van der Waals surface area contributed by atoms with Crippen LogP contribution >= 0.6 is 23.2 Å². The number of hydrogen-bond donors (Lipinski definition) is 0. The van der Waals surface area contributed by atoms with E-state index in [-0.39, 0.29) is 10.4 Å². The smallest absolute Gasteiger partial charge is 0.127 e. The first-order valence-electron chi connectivity index (χ1n) is 9.30. The molecular formula is C24H22Cl2O3. The first-order valence-corrected chi connectivity index (χ1v) is 10.1. The molecule has 0 heterocycles. The van der Waals surface area contributed by atoms with Crippen molar-refractivity contribution >= 4 is 23.2 Å². The fraction of sp³-hybridized carbons (Fsp3) is 0.167. The first-order chi connectivity index (χ1) is 14.0. The SMILES string of the molecule is CC(C)c1cc(Oc2ccc(Oc3ccccc3)cc2)ccc1OCC=C(Cl)Cl. The van der Waals surface area contributed by atoms with E-state index >= 15 is 0 Å². The average molecular weight is 429 g/mol. The quantitative estimate of drug-likeness (QED) is 0.362. The molecule has 0 saturated heterocycles. The van der Waals surface area contributed by atoms with Gasteiger partial charge in [0, 0.05) is 5.56 Å². The van der Waals surface area contributed by atoms with Crippen LogP contribution in [0.2, 0.25) is 0 Å². The summed E-state index contributed by atoms with van der Waals surface area (Å²) < 4.78 is 17.8. The average Bonchev–Trinajstić information content (AvgIpc) is 2.71. The van der Waals surface area contributed by atoms with E-state index in [1.54, 1.807) is 6.08 Å². The maximum Gasteiger partial charge on any atom is 0.127 e. The Bertz CT molecular complexity index is 948. The minimum atomic E-state index is 0.191. The second-order valence-corrected chi connectivity index (χ2v) is 7.66. The Morgan fingerprint density at radius 2 is 1.34 bits per heavy atom. The summed E-state index contributed by atoms with van der Waals surface area (Å²) >= 11 is 11.3. The van der Waals surface area contributed by atoms with Gasteiger partial charge in [-0.15, -0.1) is 0 Å². The highest BCUT2D eigenvalue weighted by atomic mass is 35.5. The molecule has 0 bridgehead atoms. The van der Waals surface area contributed by atoms with Crippen molar-refractivity contribution in [2.24, 2.45) is 0 Å². The first kappa shape index (κ1) is 21.1. The third kappa shape index (κ3) is 6.45. The minimum absolute atomic E-state index is 0.191. The zero-order valence-electron chi connectivity index (χ0n) is 16.3. The van der Waals surface area contributed by atoms with Gasteiger partial charge in [0.05, 0.1) is 0 Å². The second-order valence-electron chi connectivity index (χ2n) is 6.65. The molecule has 0 spiro atoms. The summed E-state index contributed by atoms with van der Waals surface area (Å²) in [5.41, 5.74) is 1.05. The lowest BCUT2D eigenvalue weighted by Gasteiger charge is -2.15. The van der Waals surface area contributed by atoms with E-state index in [1.807, 2.05) is 72.8 Å². The molecule has 3 nitrogen and oxygen atoms in total. The van der Waals surface area contributed by atoms with Crippen LogP contribution in [-0.2, 0) is 0 Å². The van der Waals surface area contributed by atoms with Gasteiger partial charge in [-0.1, -0.05) is 55.2 Å². The highest BCUT2D eigenvalue weighted by molar-refractivity contribution is 6.55. The Morgan fingerprint density at radius 1 is 0.793 bits per heavy atom. The molecule has 3 aromatic rings. The van der Waals surface area contributed by atoms with Gasteiger partial charge in [-0.05, 0) is 66.6 Å².